The zero-order chi connectivity index (χ0) is 17.8. The van der Waals surface area contributed by atoms with E-state index in [-0.39, 0.29) is 5.92 Å². The lowest BCUT2D eigenvalue weighted by molar-refractivity contribution is 0.301. The maximum atomic E-state index is 5.98. The van der Waals surface area contributed by atoms with Gasteiger partial charge in [-0.3, -0.25) is 5.01 Å². The molecule has 3 aromatic rings. The number of hydrogen-bond donors (Lipinski definition) is 1. The van der Waals surface area contributed by atoms with Gasteiger partial charge in [0.2, 0.25) is 0 Å². The van der Waals surface area contributed by atoms with Gasteiger partial charge in [0.15, 0.2) is 0 Å². The molecule has 1 unspecified atom stereocenters. The second-order valence-electron chi connectivity index (χ2n) is 6.26. The largest absolute Gasteiger partial charge is 0.457 e. The molecular formula is C21H20N4O. The first-order chi connectivity index (χ1) is 12.8. The van der Waals surface area contributed by atoms with Crippen LogP contribution < -0.4 is 10.5 Å². The summed E-state index contributed by atoms with van der Waals surface area (Å²) in [5.41, 5.74) is 8.16. The Kier molecular flexibility index (Phi) is 4.51. The lowest BCUT2D eigenvalue weighted by Crippen LogP contribution is -2.18. The molecule has 0 saturated heterocycles. The first-order valence-corrected chi connectivity index (χ1v) is 8.59. The highest BCUT2D eigenvalue weighted by atomic mass is 16.5. The maximum Gasteiger partial charge on any atom is 0.127 e. The predicted octanol–water partition coefficient (Wildman–Crippen LogP) is 4.04. The number of nitrogens with zero attached hydrogens (tertiary/aromatic N) is 3. The second-order valence-corrected chi connectivity index (χ2v) is 6.26. The Labute approximate surface area is 152 Å². The van der Waals surface area contributed by atoms with Gasteiger partial charge in [-0.1, -0.05) is 36.4 Å². The fraction of sp³-hybridized carbons (Fsp3) is 0.143. The second kappa shape index (κ2) is 7.27. The molecule has 0 amide bonds. The van der Waals surface area contributed by atoms with Crippen LogP contribution in [0.25, 0.3) is 0 Å². The molecule has 0 radical (unpaired) electrons. The van der Waals surface area contributed by atoms with Crippen LogP contribution in [0.2, 0.25) is 0 Å². The van der Waals surface area contributed by atoms with Crippen molar-refractivity contribution in [3.8, 4) is 11.5 Å². The van der Waals surface area contributed by atoms with E-state index in [4.69, 9.17) is 10.5 Å². The van der Waals surface area contributed by atoms with Crippen molar-refractivity contribution in [3.63, 3.8) is 0 Å². The van der Waals surface area contributed by atoms with E-state index in [9.17, 15) is 0 Å². The Morgan fingerprint density at radius 2 is 1.85 bits per heavy atom. The minimum atomic E-state index is 0.174. The fourth-order valence-corrected chi connectivity index (χ4v) is 3.07. The molecule has 1 aliphatic rings. The van der Waals surface area contributed by atoms with Gasteiger partial charge in [0.05, 0.1) is 6.54 Å². The zero-order valence-corrected chi connectivity index (χ0v) is 14.3. The lowest BCUT2D eigenvalue weighted by atomic mass is 10.0. The van der Waals surface area contributed by atoms with Crippen molar-refractivity contribution in [2.45, 2.75) is 12.5 Å². The molecule has 2 heterocycles. The van der Waals surface area contributed by atoms with Gasteiger partial charge in [0, 0.05) is 30.4 Å². The molecule has 0 bridgehead atoms. The molecule has 0 saturated carbocycles. The highest BCUT2D eigenvalue weighted by Crippen LogP contribution is 2.26. The SMILES string of the molecule is Nc1ncccc1C1C=NN(Cc2cccc(Oc3ccccc3)c2)C1. The van der Waals surface area contributed by atoms with Gasteiger partial charge in [0.1, 0.15) is 17.3 Å². The predicted molar refractivity (Wildman–Crippen MR) is 103 cm³/mol. The third kappa shape index (κ3) is 3.67. The van der Waals surface area contributed by atoms with Crippen molar-refractivity contribution in [2.75, 3.05) is 12.3 Å². The highest BCUT2D eigenvalue weighted by Gasteiger charge is 2.21. The standard InChI is InChI=1S/C21H20N4O/c22-21-20(10-5-11-23-21)17-13-24-25(15-17)14-16-6-4-9-19(12-16)26-18-7-2-1-3-8-18/h1-13,17H,14-15H2,(H2,22,23). The molecule has 5 heteroatoms. The Bertz CT molecular complexity index is 911. The van der Waals surface area contributed by atoms with Crippen molar-refractivity contribution in [1.82, 2.24) is 9.99 Å². The van der Waals surface area contributed by atoms with E-state index in [0.717, 1.165) is 35.7 Å². The van der Waals surface area contributed by atoms with Crippen LogP contribution in [0.5, 0.6) is 11.5 Å². The van der Waals surface area contributed by atoms with E-state index >= 15 is 0 Å². The smallest absolute Gasteiger partial charge is 0.127 e. The Morgan fingerprint density at radius 3 is 2.69 bits per heavy atom. The minimum Gasteiger partial charge on any atom is -0.457 e. The lowest BCUT2D eigenvalue weighted by Gasteiger charge is -2.17. The average Bonchev–Trinajstić information content (AvgIpc) is 3.11. The minimum absolute atomic E-state index is 0.174. The van der Waals surface area contributed by atoms with Crippen LogP contribution in [0, 0.1) is 0 Å². The van der Waals surface area contributed by atoms with E-state index in [1.54, 1.807) is 6.20 Å². The summed E-state index contributed by atoms with van der Waals surface area (Å²) < 4.78 is 5.91. The number of anilines is 1. The van der Waals surface area contributed by atoms with Crippen LogP contribution in [0.15, 0.2) is 78.0 Å². The quantitative estimate of drug-likeness (QED) is 0.759. The van der Waals surface area contributed by atoms with Gasteiger partial charge in [-0.25, -0.2) is 4.98 Å². The third-order valence-electron chi connectivity index (χ3n) is 4.33. The Hall–Kier alpha value is -3.34. The Morgan fingerprint density at radius 1 is 1.00 bits per heavy atom. The van der Waals surface area contributed by atoms with E-state index < -0.39 is 0 Å². The van der Waals surface area contributed by atoms with Gasteiger partial charge >= 0.3 is 0 Å². The van der Waals surface area contributed by atoms with Crippen LogP contribution in [-0.2, 0) is 6.54 Å². The molecule has 2 aromatic carbocycles. The summed E-state index contributed by atoms with van der Waals surface area (Å²) in [5, 5.41) is 6.57. The molecular weight excluding hydrogens is 324 g/mol. The van der Waals surface area contributed by atoms with E-state index in [1.807, 2.05) is 71.9 Å². The molecule has 130 valence electrons. The van der Waals surface area contributed by atoms with Crippen molar-refractivity contribution in [3.05, 3.63) is 84.1 Å². The highest BCUT2D eigenvalue weighted by molar-refractivity contribution is 5.72. The number of aromatic nitrogens is 1. The van der Waals surface area contributed by atoms with Crippen LogP contribution in [0.1, 0.15) is 17.0 Å². The van der Waals surface area contributed by atoms with Crippen LogP contribution >= 0.6 is 0 Å². The molecule has 26 heavy (non-hydrogen) atoms. The average molecular weight is 344 g/mol. The van der Waals surface area contributed by atoms with Gasteiger partial charge < -0.3 is 10.5 Å². The summed E-state index contributed by atoms with van der Waals surface area (Å²) in [6.45, 7) is 1.51. The summed E-state index contributed by atoms with van der Waals surface area (Å²) in [5.74, 6) is 2.40. The van der Waals surface area contributed by atoms with Gasteiger partial charge in [0.25, 0.3) is 0 Å². The number of para-hydroxylation sites is 1. The molecule has 0 aliphatic carbocycles. The normalized spacial score (nSPS) is 16.0. The number of hydrazone groups is 1. The summed E-state index contributed by atoms with van der Waals surface area (Å²) in [6, 6.07) is 21.8. The molecule has 2 N–H and O–H groups in total. The molecule has 4 rings (SSSR count). The maximum absolute atomic E-state index is 5.98. The van der Waals surface area contributed by atoms with Crippen LogP contribution in [0.3, 0.4) is 0 Å². The summed E-state index contributed by atoms with van der Waals surface area (Å²) in [7, 11) is 0. The van der Waals surface area contributed by atoms with Crippen molar-refractivity contribution in [1.29, 1.82) is 0 Å². The van der Waals surface area contributed by atoms with Gasteiger partial charge in [-0.15, -0.1) is 0 Å². The molecule has 1 aliphatic heterocycles. The number of rotatable bonds is 5. The van der Waals surface area contributed by atoms with Crippen molar-refractivity contribution < 1.29 is 4.74 Å². The number of benzene rings is 2. The molecule has 0 fully saturated rings. The molecule has 5 nitrogen and oxygen atoms in total. The Balaban J connectivity index is 1.42. The topological polar surface area (TPSA) is 63.7 Å². The number of nitrogens with two attached hydrogens (primary N) is 1. The number of ether oxygens (including phenoxy) is 1. The van der Waals surface area contributed by atoms with E-state index in [0.29, 0.717) is 5.82 Å². The van der Waals surface area contributed by atoms with E-state index in [1.165, 1.54) is 0 Å². The number of hydrogen-bond acceptors (Lipinski definition) is 5. The summed E-state index contributed by atoms with van der Waals surface area (Å²) in [4.78, 5) is 4.17. The first kappa shape index (κ1) is 16.1. The summed E-state index contributed by atoms with van der Waals surface area (Å²) in [6.07, 6.45) is 3.65. The monoisotopic (exact) mass is 344 g/mol. The molecule has 0 spiro atoms. The summed E-state index contributed by atoms with van der Waals surface area (Å²) >= 11 is 0. The zero-order valence-electron chi connectivity index (χ0n) is 14.3. The number of nitrogen functional groups attached to an aromatic ring is 1. The third-order valence-corrected chi connectivity index (χ3v) is 4.33. The van der Waals surface area contributed by atoms with Gasteiger partial charge in [-0.2, -0.15) is 5.10 Å². The van der Waals surface area contributed by atoms with E-state index in [2.05, 4.69) is 16.2 Å². The van der Waals surface area contributed by atoms with Gasteiger partial charge in [-0.05, 0) is 35.9 Å². The van der Waals surface area contributed by atoms with Crippen molar-refractivity contribution >= 4 is 12.0 Å². The first-order valence-electron chi connectivity index (χ1n) is 8.59. The molecule has 1 aromatic heterocycles. The molecule has 1 atom stereocenters. The fourth-order valence-electron chi connectivity index (χ4n) is 3.07. The van der Waals surface area contributed by atoms with Crippen LogP contribution in [-0.4, -0.2) is 22.8 Å². The van der Waals surface area contributed by atoms with Crippen molar-refractivity contribution in [2.24, 2.45) is 5.10 Å². The number of pyridine rings is 1. The van der Waals surface area contributed by atoms with Crippen LogP contribution in [0.4, 0.5) is 5.82 Å².